The number of hydrogen-bond acceptors (Lipinski definition) is 2. The molecule has 2 aliphatic carbocycles. The van der Waals surface area contributed by atoms with Crippen molar-refractivity contribution in [3.63, 3.8) is 0 Å². The second kappa shape index (κ2) is 3.32. The van der Waals surface area contributed by atoms with E-state index in [1.165, 1.54) is 0 Å². The van der Waals surface area contributed by atoms with Crippen LogP contribution < -0.4 is 11.1 Å². The molecule has 1 amide bonds. The van der Waals surface area contributed by atoms with Gasteiger partial charge in [0, 0.05) is 17.1 Å². The van der Waals surface area contributed by atoms with Crippen molar-refractivity contribution < 1.29 is 4.79 Å². The van der Waals surface area contributed by atoms with Crippen molar-refractivity contribution in [2.45, 2.75) is 37.3 Å². The zero-order valence-electron chi connectivity index (χ0n) is 9.20. The number of benzene rings is 1. The molecular formula is C13H16N2O. The Bertz CT molecular complexity index is 416. The van der Waals surface area contributed by atoms with E-state index in [4.69, 9.17) is 5.73 Å². The molecule has 0 heterocycles. The number of hydrogen-bond donors (Lipinski definition) is 2. The number of nitrogens with two attached hydrogens (primary N) is 1. The molecule has 0 aromatic heterocycles. The zero-order chi connectivity index (χ0) is 11.2. The van der Waals surface area contributed by atoms with Gasteiger partial charge in [0.15, 0.2) is 0 Å². The molecule has 84 valence electrons. The summed E-state index contributed by atoms with van der Waals surface area (Å²) in [7, 11) is 0. The first-order valence-corrected chi connectivity index (χ1v) is 5.88. The van der Waals surface area contributed by atoms with Gasteiger partial charge in [-0.25, -0.2) is 0 Å². The van der Waals surface area contributed by atoms with Crippen molar-refractivity contribution in [1.82, 2.24) is 5.32 Å². The molecule has 2 fully saturated rings. The lowest BCUT2D eigenvalue weighted by Gasteiger charge is -2.09. The van der Waals surface area contributed by atoms with Gasteiger partial charge in [-0.15, -0.1) is 0 Å². The van der Waals surface area contributed by atoms with Gasteiger partial charge >= 0.3 is 0 Å². The minimum absolute atomic E-state index is 0.0379. The van der Waals surface area contributed by atoms with Crippen LogP contribution in [-0.4, -0.2) is 11.9 Å². The first kappa shape index (κ1) is 9.85. The normalized spacial score (nSPS) is 21.6. The fourth-order valence-corrected chi connectivity index (χ4v) is 1.87. The van der Waals surface area contributed by atoms with Gasteiger partial charge in [-0.1, -0.05) is 12.1 Å². The predicted molar refractivity (Wildman–Crippen MR) is 62.0 cm³/mol. The topological polar surface area (TPSA) is 55.1 Å². The van der Waals surface area contributed by atoms with Gasteiger partial charge in [-0.3, -0.25) is 4.79 Å². The van der Waals surface area contributed by atoms with E-state index < -0.39 is 0 Å². The number of amides is 1. The number of carbonyl (C=O) groups excluding carboxylic acids is 1. The van der Waals surface area contributed by atoms with Crippen molar-refractivity contribution >= 4 is 5.91 Å². The van der Waals surface area contributed by atoms with Crippen LogP contribution in [0.15, 0.2) is 24.3 Å². The lowest BCUT2D eigenvalue weighted by molar-refractivity contribution is 0.0951. The Hall–Kier alpha value is -1.35. The number of carbonyl (C=O) groups is 1. The molecule has 0 radical (unpaired) electrons. The molecule has 3 nitrogen and oxygen atoms in total. The third-order valence-corrected chi connectivity index (χ3v) is 3.42. The highest BCUT2D eigenvalue weighted by atomic mass is 16.1. The molecule has 0 aliphatic heterocycles. The first-order valence-electron chi connectivity index (χ1n) is 5.88. The molecule has 0 atom stereocenters. The summed E-state index contributed by atoms with van der Waals surface area (Å²) in [5.74, 6) is 0.0379. The van der Waals surface area contributed by atoms with E-state index in [1.807, 2.05) is 24.3 Å². The third-order valence-electron chi connectivity index (χ3n) is 3.42. The Morgan fingerprint density at radius 2 is 1.88 bits per heavy atom. The summed E-state index contributed by atoms with van der Waals surface area (Å²) in [5.41, 5.74) is 7.86. The number of rotatable bonds is 3. The lowest BCUT2D eigenvalue weighted by atomic mass is 10.0. The molecule has 0 bridgehead atoms. The maximum Gasteiger partial charge on any atom is 0.251 e. The van der Waals surface area contributed by atoms with E-state index in [0.29, 0.717) is 6.04 Å². The second-order valence-electron chi connectivity index (χ2n) is 4.98. The van der Waals surface area contributed by atoms with E-state index in [2.05, 4.69) is 5.32 Å². The van der Waals surface area contributed by atoms with Crippen molar-refractivity contribution in [3.05, 3.63) is 35.4 Å². The average molecular weight is 216 g/mol. The molecule has 2 saturated carbocycles. The Balaban J connectivity index is 1.73. The minimum atomic E-state index is -0.106. The van der Waals surface area contributed by atoms with Gasteiger partial charge in [0.05, 0.1) is 0 Å². The molecular weight excluding hydrogens is 200 g/mol. The van der Waals surface area contributed by atoms with Crippen LogP contribution in [0.2, 0.25) is 0 Å². The summed E-state index contributed by atoms with van der Waals surface area (Å²) < 4.78 is 0. The molecule has 0 spiro atoms. The summed E-state index contributed by atoms with van der Waals surface area (Å²) >= 11 is 0. The van der Waals surface area contributed by atoms with E-state index in [-0.39, 0.29) is 11.4 Å². The lowest BCUT2D eigenvalue weighted by Crippen LogP contribution is -2.25. The smallest absolute Gasteiger partial charge is 0.251 e. The molecule has 3 N–H and O–H groups in total. The highest BCUT2D eigenvalue weighted by Gasteiger charge is 2.39. The number of nitrogens with one attached hydrogen (secondary N) is 1. The summed E-state index contributed by atoms with van der Waals surface area (Å²) in [6.45, 7) is 0. The summed E-state index contributed by atoms with van der Waals surface area (Å²) in [4.78, 5) is 11.7. The van der Waals surface area contributed by atoms with Crippen LogP contribution in [-0.2, 0) is 5.54 Å². The zero-order valence-corrected chi connectivity index (χ0v) is 9.20. The predicted octanol–water partition coefficient (Wildman–Crippen LogP) is 1.53. The molecule has 0 unspecified atom stereocenters. The van der Waals surface area contributed by atoms with E-state index in [9.17, 15) is 4.79 Å². The standard InChI is InChI=1S/C13H16N2O/c14-13(7-8-13)10-3-1-9(2-4-10)12(16)15-11-5-6-11/h1-4,11H,5-8,14H2,(H,15,16). The van der Waals surface area contributed by atoms with Crippen LogP contribution in [0.1, 0.15) is 41.6 Å². The van der Waals surface area contributed by atoms with Gasteiger partial charge in [-0.2, -0.15) is 0 Å². The van der Waals surface area contributed by atoms with Crippen LogP contribution >= 0.6 is 0 Å². The van der Waals surface area contributed by atoms with Gasteiger partial charge in [0.2, 0.25) is 0 Å². The van der Waals surface area contributed by atoms with Crippen molar-refractivity contribution in [3.8, 4) is 0 Å². The van der Waals surface area contributed by atoms with E-state index in [1.54, 1.807) is 0 Å². The summed E-state index contributed by atoms with van der Waals surface area (Å²) in [5, 5.41) is 2.97. The van der Waals surface area contributed by atoms with Crippen molar-refractivity contribution in [2.75, 3.05) is 0 Å². The van der Waals surface area contributed by atoms with Crippen LogP contribution in [0.3, 0.4) is 0 Å². The fourth-order valence-electron chi connectivity index (χ4n) is 1.87. The average Bonchev–Trinajstić information content (AvgIpc) is 3.18. The van der Waals surface area contributed by atoms with Gasteiger partial charge in [0.25, 0.3) is 5.91 Å². The Morgan fingerprint density at radius 1 is 1.25 bits per heavy atom. The monoisotopic (exact) mass is 216 g/mol. The van der Waals surface area contributed by atoms with Crippen LogP contribution in [0.25, 0.3) is 0 Å². The van der Waals surface area contributed by atoms with Crippen molar-refractivity contribution in [2.24, 2.45) is 5.73 Å². The molecule has 1 aromatic rings. The fraction of sp³-hybridized carbons (Fsp3) is 0.462. The molecule has 1 aromatic carbocycles. The SMILES string of the molecule is NC1(c2ccc(C(=O)NC3CC3)cc2)CC1. The molecule has 0 saturated heterocycles. The van der Waals surface area contributed by atoms with Gasteiger partial charge in [-0.05, 0) is 43.4 Å². The summed E-state index contributed by atoms with van der Waals surface area (Å²) in [6.07, 6.45) is 4.35. The molecule has 16 heavy (non-hydrogen) atoms. The van der Waals surface area contributed by atoms with E-state index in [0.717, 1.165) is 36.8 Å². The summed E-state index contributed by atoms with van der Waals surface area (Å²) in [6, 6.07) is 8.13. The van der Waals surface area contributed by atoms with Crippen LogP contribution in [0.5, 0.6) is 0 Å². The highest BCUT2D eigenvalue weighted by Crippen LogP contribution is 2.42. The van der Waals surface area contributed by atoms with Gasteiger partial charge in [0.1, 0.15) is 0 Å². The van der Waals surface area contributed by atoms with Crippen LogP contribution in [0, 0.1) is 0 Å². The first-order chi connectivity index (χ1) is 7.67. The van der Waals surface area contributed by atoms with Gasteiger partial charge < -0.3 is 11.1 Å². The second-order valence-corrected chi connectivity index (χ2v) is 4.98. The molecule has 2 aliphatic rings. The van der Waals surface area contributed by atoms with Crippen molar-refractivity contribution in [1.29, 1.82) is 0 Å². The third kappa shape index (κ3) is 1.83. The Morgan fingerprint density at radius 3 is 2.38 bits per heavy atom. The van der Waals surface area contributed by atoms with Crippen LogP contribution in [0.4, 0.5) is 0 Å². The van der Waals surface area contributed by atoms with E-state index >= 15 is 0 Å². The maximum absolute atomic E-state index is 11.7. The molecule has 3 heteroatoms. The maximum atomic E-state index is 11.7. The largest absolute Gasteiger partial charge is 0.349 e. The minimum Gasteiger partial charge on any atom is -0.349 e. The molecule has 3 rings (SSSR count). The highest BCUT2D eigenvalue weighted by molar-refractivity contribution is 5.94. The quantitative estimate of drug-likeness (QED) is 0.805. The Labute approximate surface area is 95.0 Å². The Kier molecular flexibility index (Phi) is 2.04.